The molecule has 0 amide bonds. The van der Waals surface area contributed by atoms with Crippen molar-refractivity contribution < 1.29 is 23.4 Å². The maximum Gasteiger partial charge on any atom is 0.341 e. The Kier molecular flexibility index (Phi) is 3.86. The maximum absolute atomic E-state index is 15.5. The third-order valence-electron chi connectivity index (χ3n) is 6.68. The maximum atomic E-state index is 15.5. The number of nitrogens with two attached hydrogens (primary N) is 2. The third kappa shape index (κ3) is 2.46. The first-order chi connectivity index (χ1) is 14.1. The molecule has 5 N–H and O–H groups in total. The fourth-order valence-corrected chi connectivity index (χ4v) is 4.77. The van der Waals surface area contributed by atoms with Crippen LogP contribution in [0.25, 0.3) is 10.9 Å². The van der Waals surface area contributed by atoms with Gasteiger partial charge in [0, 0.05) is 30.7 Å². The second kappa shape index (κ2) is 6.07. The molecule has 10 heteroatoms. The molecular formula is C20H22F2N4O4. The van der Waals surface area contributed by atoms with Crippen molar-refractivity contribution >= 4 is 28.2 Å². The zero-order chi connectivity index (χ0) is 21.5. The van der Waals surface area contributed by atoms with E-state index in [0.29, 0.717) is 0 Å². The molecule has 3 atom stereocenters. The highest BCUT2D eigenvalue weighted by Crippen LogP contribution is 2.50. The Morgan fingerprint density at radius 1 is 1.37 bits per heavy atom. The molecule has 30 heavy (non-hydrogen) atoms. The van der Waals surface area contributed by atoms with Crippen LogP contribution < -0.4 is 26.5 Å². The van der Waals surface area contributed by atoms with Gasteiger partial charge in [-0.15, -0.1) is 0 Å². The number of aromatic carboxylic acids is 1. The van der Waals surface area contributed by atoms with E-state index in [2.05, 4.69) is 0 Å². The molecule has 8 nitrogen and oxygen atoms in total. The number of carboxylic acid groups (broad SMARTS) is 1. The number of carboxylic acids is 1. The number of pyridine rings is 1. The topological polar surface area (TPSA) is 124 Å². The van der Waals surface area contributed by atoms with E-state index >= 15 is 4.39 Å². The minimum absolute atomic E-state index is 0.00229. The van der Waals surface area contributed by atoms with Gasteiger partial charge in [-0.05, 0) is 19.8 Å². The summed E-state index contributed by atoms with van der Waals surface area (Å²) < 4.78 is 37.6. The molecular weight excluding hydrogens is 398 g/mol. The normalized spacial score (nSPS) is 26.7. The lowest BCUT2D eigenvalue weighted by Crippen LogP contribution is -2.38. The lowest BCUT2D eigenvalue weighted by molar-refractivity contribution is 0.0694. The summed E-state index contributed by atoms with van der Waals surface area (Å²) in [7, 11) is 0. The summed E-state index contributed by atoms with van der Waals surface area (Å²) in [6.45, 7) is 2.07. The Balaban J connectivity index is 1.76. The Morgan fingerprint density at radius 3 is 2.70 bits per heavy atom. The standard InChI is InChI=1S/C20H22F2N4O4/c1-8-7-30-18-15-12(17(27)9(19(28)29)4-26(8)15)14(23)13(22)16(18)25-5-10(11(21)6-25)20(24)2-3-20/h4,8,10-11H,2-3,5-7,23-24H2,1H3,(H,28,29). The van der Waals surface area contributed by atoms with Crippen molar-refractivity contribution in [2.75, 3.05) is 30.3 Å². The number of benzene rings is 1. The van der Waals surface area contributed by atoms with Crippen LogP contribution in [0.5, 0.6) is 5.75 Å². The van der Waals surface area contributed by atoms with Crippen LogP contribution in [-0.4, -0.2) is 47.0 Å². The van der Waals surface area contributed by atoms with E-state index in [0.717, 1.165) is 12.8 Å². The molecule has 2 aromatic rings. The summed E-state index contributed by atoms with van der Waals surface area (Å²) in [4.78, 5) is 25.9. The van der Waals surface area contributed by atoms with E-state index in [1.165, 1.54) is 6.20 Å². The van der Waals surface area contributed by atoms with Crippen LogP contribution in [0.1, 0.15) is 36.2 Å². The number of nitrogens with zero attached hydrogens (tertiary/aromatic N) is 2. The molecule has 0 bridgehead atoms. The number of hydrogen-bond acceptors (Lipinski definition) is 6. The lowest BCUT2D eigenvalue weighted by Gasteiger charge is -2.32. The molecule has 2 fully saturated rings. The number of ether oxygens (including phenoxy) is 1. The molecule has 3 unspecified atom stereocenters. The summed E-state index contributed by atoms with van der Waals surface area (Å²) in [6, 6.07) is -0.310. The number of aromatic nitrogens is 1. The van der Waals surface area contributed by atoms with Crippen molar-refractivity contribution in [3.63, 3.8) is 0 Å². The van der Waals surface area contributed by atoms with Gasteiger partial charge in [0.15, 0.2) is 11.6 Å². The van der Waals surface area contributed by atoms with Crippen LogP contribution in [0.4, 0.5) is 20.2 Å². The molecule has 1 aromatic heterocycles. The predicted octanol–water partition coefficient (Wildman–Crippen LogP) is 1.64. The number of nitrogen functional groups attached to an aromatic ring is 1. The van der Waals surface area contributed by atoms with Gasteiger partial charge in [0.05, 0.1) is 22.6 Å². The number of rotatable bonds is 3. The lowest BCUT2D eigenvalue weighted by atomic mass is 9.96. The zero-order valence-corrected chi connectivity index (χ0v) is 16.3. The highest BCUT2D eigenvalue weighted by molar-refractivity contribution is 6.03. The molecule has 1 saturated heterocycles. The fourth-order valence-electron chi connectivity index (χ4n) is 4.77. The van der Waals surface area contributed by atoms with Crippen LogP contribution in [-0.2, 0) is 0 Å². The van der Waals surface area contributed by atoms with Gasteiger partial charge < -0.3 is 30.8 Å². The Morgan fingerprint density at radius 2 is 2.07 bits per heavy atom. The van der Waals surface area contributed by atoms with Gasteiger partial charge in [-0.3, -0.25) is 4.79 Å². The average Bonchev–Trinajstić information content (AvgIpc) is 3.31. The molecule has 1 aromatic carbocycles. The smallest absolute Gasteiger partial charge is 0.341 e. The molecule has 0 spiro atoms. The van der Waals surface area contributed by atoms with Crippen molar-refractivity contribution in [1.29, 1.82) is 0 Å². The SMILES string of the molecule is CC1COc2c(N3CC(F)C(C4(N)CC4)C3)c(F)c(N)c3c(=O)c(C(=O)O)cn1c23. The minimum atomic E-state index is -1.42. The minimum Gasteiger partial charge on any atom is -0.487 e. The van der Waals surface area contributed by atoms with E-state index in [4.69, 9.17) is 16.2 Å². The number of halogens is 2. The van der Waals surface area contributed by atoms with Gasteiger partial charge in [-0.2, -0.15) is 0 Å². The first-order valence-electron chi connectivity index (χ1n) is 9.88. The summed E-state index contributed by atoms with van der Waals surface area (Å²) in [6.07, 6.45) is 1.47. The number of carbonyl (C=O) groups is 1. The van der Waals surface area contributed by atoms with Crippen LogP contribution in [0.3, 0.4) is 0 Å². The fraction of sp³-hybridized carbons (Fsp3) is 0.500. The van der Waals surface area contributed by atoms with E-state index < -0.39 is 46.1 Å². The summed E-state index contributed by atoms with van der Waals surface area (Å²) in [5.41, 5.74) is 10.0. The van der Waals surface area contributed by atoms with Gasteiger partial charge >= 0.3 is 5.97 Å². The molecule has 5 rings (SSSR count). The van der Waals surface area contributed by atoms with Gasteiger partial charge in [-0.25, -0.2) is 13.6 Å². The van der Waals surface area contributed by atoms with E-state index in [-0.39, 0.29) is 48.1 Å². The van der Waals surface area contributed by atoms with Crippen LogP contribution >= 0.6 is 0 Å². The third-order valence-corrected chi connectivity index (χ3v) is 6.68. The van der Waals surface area contributed by atoms with Crippen LogP contribution in [0, 0.1) is 11.7 Å². The van der Waals surface area contributed by atoms with Crippen LogP contribution in [0.2, 0.25) is 0 Å². The van der Waals surface area contributed by atoms with Gasteiger partial charge in [-0.1, -0.05) is 0 Å². The highest BCUT2D eigenvalue weighted by atomic mass is 19.1. The molecule has 1 aliphatic carbocycles. The Bertz CT molecular complexity index is 1160. The molecule has 0 radical (unpaired) electrons. The molecule has 3 aliphatic rings. The molecule has 160 valence electrons. The zero-order valence-electron chi connectivity index (χ0n) is 16.3. The van der Waals surface area contributed by atoms with Crippen molar-refractivity contribution in [3.05, 3.63) is 27.8 Å². The van der Waals surface area contributed by atoms with E-state index in [9.17, 15) is 19.1 Å². The highest BCUT2D eigenvalue weighted by Gasteiger charge is 2.53. The molecule has 1 saturated carbocycles. The second-order valence-electron chi connectivity index (χ2n) is 8.63. The Labute approximate surface area is 170 Å². The van der Waals surface area contributed by atoms with Crippen molar-refractivity contribution in [2.45, 2.75) is 37.5 Å². The predicted molar refractivity (Wildman–Crippen MR) is 106 cm³/mol. The Hall–Kier alpha value is -2.88. The molecule has 2 aliphatic heterocycles. The molecule has 3 heterocycles. The second-order valence-corrected chi connectivity index (χ2v) is 8.63. The first kappa shape index (κ1) is 19.1. The monoisotopic (exact) mass is 420 g/mol. The van der Waals surface area contributed by atoms with Gasteiger partial charge in [0.1, 0.15) is 24.0 Å². The van der Waals surface area contributed by atoms with E-state index in [1.807, 2.05) is 0 Å². The van der Waals surface area contributed by atoms with Crippen molar-refractivity contribution in [2.24, 2.45) is 11.7 Å². The van der Waals surface area contributed by atoms with Crippen LogP contribution in [0.15, 0.2) is 11.0 Å². The quantitative estimate of drug-likeness (QED) is 0.645. The van der Waals surface area contributed by atoms with Gasteiger partial charge in [0.25, 0.3) is 0 Å². The van der Waals surface area contributed by atoms with E-state index in [1.54, 1.807) is 16.4 Å². The van der Waals surface area contributed by atoms with Crippen molar-refractivity contribution in [1.82, 2.24) is 4.57 Å². The summed E-state index contributed by atoms with van der Waals surface area (Å²) in [5.74, 6) is -2.68. The summed E-state index contributed by atoms with van der Waals surface area (Å²) >= 11 is 0. The van der Waals surface area contributed by atoms with Gasteiger partial charge in [0.2, 0.25) is 5.43 Å². The first-order valence-corrected chi connectivity index (χ1v) is 9.88. The summed E-state index contributed by atoms with van der Waals surface area (Å²) in [5, 5.41) is 9.17. The number of anilines is 2. The number of hydrogen-bond donors (Lipinski definition) is 3. The van der Waals surface area contributed by atoms with Crippen molar-refractivity contribution in [3.8, 4) is 5.75 Å². The average molecular weight is 420 g/mol. The largest absolute Gasteiger partial charge is 0.487 e. The number of alkyl halides is 1.